The van der Waals surface area contributed by atoms with Crippen LogP contribution in [0, 0.1) is 0 Å². The number of hydrogen-bond acceptors (Lipinski definition) is 8. The van der Waals surface area contributed by atoms with Crippen molar-refractivity contribution >= 4 is 66.6 Å². The molecule has 28 heavy (non-hydrogen) atoms. The van der Waals surface area contributed by atoms with E-state index >= 15 is 0 Å². The molecule has 0 saturated heterocycles. The minimum atomic E-state index is -0.343. The third kappa shape index (κ3) is 6.47. The van der Waals surface area contributed by atoms with E-state index in [0.29, 0.717) is 46.1 Å². The SMILES string of the molecule is CCOC(=O)C1=CC=CN(C(=S)SSC(=S)N2C=CC=C(C(=O)OCC)C2)C1. The summed E-state index contributed by atoms with van der Waals surface area (Å²) in [4.78, 5) is 27.4. The summed E-state index contributed by atoms with van der Waals surface area (Å²) in [5, 5.41) is 0. The van der Waals surface area contributed by atoms with Gasteiger partial charge in [-0.25, -0.2) is 9.59 Å². The maximum absolute atomic E-state index is 11.9. The Kier molecular flexibility index (Phi) is 9.23. The summed E-state index contributed by atoms with van der Waals surface area (Å²) in [6.45, 7) is 4.90. The van der Waals surface area contributed by atoms with E-state index in [0.717, 1.165) is 0 Å². The molecule has 0 amide bonds. The van der Waals surface area contributed by atoms with Crippen LogP contribution in [0.3, 0.4) is 0 Å². The summed E-state index contributed by atoms with van der Waals surface area (Å²) >= 11 is 10.9. The highest BCUT2D eigenvalue weighted by Gasteiger charge is 2.21. The van der Waals surface area contributed by atoms with Gasteiger partial charge in [-0.1, -0.05) is 24.4 Å². The molecule has 0 atom stereocenters. The van der Waals surface area contributed by atoms with Crippen LogP contribution in [0.4, 0.5) is 0 Å². The molecule has 2 aliphatic heterocycles. The molecule has 0 aliphatic carbocycles. The maximum atomic E-state index is 11.9. The van der Waals surface area contributed by atoms with Gasteiger partial charge in [0.15, 0.2) is 8.64 Å². The van der Waals surface area contributed by atoms with Crippen molar-refractivity contribution in [1.29, 1.82) is 0 Å². The zero-order chi connectivity index (χ0) is 20.5. The Morgan fingerprint density at radius 2 is 1.29 bits per heavy atom. The molecule has 2 aliphatic rings. The predicted molar refractivity (Wildman–Crippen MR) is 122 cm³/mol. The van der Waals surface area contributed by atoms with Crippen molar-refractivity contribution in [2.45, 2.75) is 13.8 Å². The molecule has 2 heterocycles. The molecule has 0 aromatic heterocycles. The molecular formula is C18H20N2O4S4. The first-order valence-corrected chi connectivity index (χ1v) is 11.5. The molecular weight excluding hydrogens is 436 g/mol. The zero-order valence-electron chi connectivity index (χ0n) is 15.5. The van der Waals surface area contributed by atoms with Crippen molar-refractivity contribution in [1.82, 2.24) is 9.80 Å². The molecule has 0 N–H and O–H groups in total. The lowest BCUT2D eigenvalue weighted by Crippen LogP contribution is -2.30. The second-order valence-electron chi connectivity index (χ2n) is 5.46. The fourth-order valence-electron chi connectivity index (χ4n) is 2.23. The summed E-state index contributed by atoms with van der Waals surface area (Å²) in [7, 11) is 2.65. The van der Waals surface area contributed by atoms with Crippen LogP contribution in [0.2, 0.25) is 0 Å². The van der Waals surface area contributed by atoms with Crippen molar-refractivity contribution in [3.05, 3.63) is 47.9 Å². The molecule has 6 nitrogen and oxygen atoms in total. The summed E-state index contributed by atoms with van der Waals surface area (Å²) < 4.78 is 11.2. The van der Waals surface area contributed by atoms with Crippen LogP contribution in [0.25, 0.3) is 0 Å². The monoisotopic (exact) mass is 456 g/mol. The van der Waals surface area contributed by atoms with Crippen LogP contribution in [-0.2, 0) is 19.1 Å². The number of nitrogens with zero attached hydrogens (tertiary/aromatic N) is 2. The largest absolute Gasteiger partial charge is 0.463 e. The summed E-state index contributed by atoms with van der Waals surface area (Å²) in [5.74, 6) is -0.686. The molecule has 0 radical (unpaired) electrons. The van der Waals surface area contributed by atoms with E-state index in [9.17, 15) is 9.59 Å². The van der Waals surface area contributed by atoms with Gasteiger partial charge in [-0.3, -0.25) is 0 Å². The highest BCUT2D eigenvalue weighted by molar-refractivity contribution is 8.89. The van der Waals surface area contributed by atoms with Crippen molar-refractivity contribution in [3.8, 4) is 0 Å². The number of carbonyl (C=O) groups excluding carboxylic acids is 2. The third-order valence-electron chi connectivity index (χ3n) is 3.54. The third-order valence-corrected chi connectivity index (χ3v) is 7.17. The average Bonchev–Trinajstić information content (AvgIpc) is 2.72. The van der Waals surface area contributed by atoms with E-state index in [4.69, 9.17) is 33.9 Å². The maximum Gasteiger partial charge on any atom is 0.335 e. The number of esters is 2. The normalized spacial score (nSPS) is 15.6. The number of allylic oxidation sites excluding steroid dienone is 4. The van der Waals surface area contributed by atoms with Gasteiger partial charge in [0.1, 0.15) is 0 Å². The summed E-state index contributed by atoms with van der Waals surface area (Å²) in [6, 6.07) is 0. The van der Waals surface area contributed by atoms with E-state index in [1.165, 1.54) is 21.6 Å². The van der Waals surface area contributed by atoms with Gasteiger partial charge in [-0.15, -0.1) is 0 Å². The topological polar surface area (TPSA) is 59.1 Å². The molecule has 0 bridgehead atoms. The van der Waals surface area contributed by atoms with Crippen molar-refractivity contribution in [2.75, 3.05) is 26.3 Å². The molecule has 10 heteroatoms. The minimum absolute atomic E-state index is 0.328. The highest BCUT2D eigenvalue weighted by Crippen LogP contribution is 2.30. The van der Waals surface area contributed by atoms with Crippen molar-refractivity contribution in [2.24, 2.45) is 0 Å². The highest BCUT2D eigenvalue weighted by atomic mass is 33.1. The van der Waals surface area contributed by atoms with Crippen molar-refractivity contribution in [3.63, 3.8) is 0 Å². The molecule has 0 saturated carbocycles. The quantitative estimate of drug-likeness (QED) is 0.356. The van der Waals surface area contributed by atoms with E-state index in [1.54, 1.807) is 48.0 Å². The number of carbonyl (C=O) groups is 2. The van der Waals surface area contributed by atoms with Gasteiger partial charge < -0.3 is 19.3 Å². The molecule has 2 rings (SSSR count). The Labute approximate surface area is 183 Å². The smallest absolute Gasteiger partial charge is 0.335 e. The molecule has 0 unspecified atom stereocenters. The van der Waals surface area contributed by atoms with E-state index in [1.807, 2.05) is 12.4 Å². The first kappa shape index (κ1) is 22.7. The van der Waals surface area contributed by atoms with Gasteiger partial charge in [0.2, 0.25) is 0 Å². The molecule has 0 aromatic carbocycles. The lowest BCUT2D eigenvalue weighted by Gasteiger charge is -2.26. The van der Waals surface area contributed by atoms with E-state index in [2.05, 4.69) is 0 Å². The first-order valence-electron chi connectivity index (χ1n) is 8.51. The number of ether oxygens (including phenoxy) is 2. The second-order valence-corrected chi connectivity index (χ2v) is 8.86. The molecule has 0 aromatic rings. The Morgan fingerprint density at radius 3 is 1.64 bits per heavy atom. The van der Waals surface area contributed by atoms with Gasteiger partial charge in [0.25, 0.3) is 0 Å². The van der Waals surface area contributed by atoms with Gasteiger partial charge >= 0.3 is 11.9 Å². The average molecular weight is 457 g/mol. The molecule has 0 spiro atoms. The Hall–Kier alpha value is -1.62. The van der Waals surface area contributed by atoms with Crippen LogP contribution in [0.15, 0.2) is 47.9 Å². The summed E-state index contributed by atoms with van der Waals surface area (Å²) in [5.41, 5.74) is 1.09. The van der Waals surface area contributed by atoms with Crippen molar-refractivity contribution < 1.29 is 19.1 Å². The predicted octanol–water partition coefficient (Wildman–Crippen LogP) is 3.58. The Balaban J connectivity index is 1.84. The standard InChI is InChI=1S/C18H20N2O4S4/c1-3-23-15(21)13-7-5-9-19(11-13)17(25)27-28-18(26)20-10-6-8-14(12-20)16(22)24-4-2/h5-10H,3-4,11-12H2,1-2H3. The van der Waals surface area contributed by atoms with Gasteiger partial charge in [0, 0.05) is 12.4 Å². The number of thiocarbonyl (C=S) groups is 2. The van der Waals surface area contributed by atoms with Crippen LogP contribution in [0.5, 0.6) is 0 Å². The Bertz CT molecular complexity index is 710. The van der Waals surface area contributed by atoms with Gasteiger partial charge in [-0.05, 0) is 59.7 Å². The van der Waals surface area contributed by atoms with Crippen LogP contribution < -0.4 is 0 Å². The number of rotatable bonds is 4. The molecule has 0 fully saturated rings. The van der Waals surface area contributed by atoms with Gasteiger partial charge in [-0.2, -0.15) is 0 Å². The van der Waals surface area contributed by atoms with Gasteiger partial charge in [0.05, 0.1) is 37.4 Å². The van der Waals surface area contributed by atoms with Crippen LogP contribution >= 0.6 is 46.0 Å². The second kappa shape index (κ2) is 11.4. The van der Waals surface area contributed by atoms with E-state index in [-0.39, 0.29) is 11.9 Å². The van der Waals surface area contributed by atoms with Crippen LogP contribution in [-0.4, -0.2) is 56.7 Å². The minimum Gasteiger partial charge on any atom is -0.463 e. The fourth-order valence-corrected chi connectivity index (χ4v) is 4.68. The zero-order valence-corrected chi connectivity index (χ0v) is 18.7. The van der Waals surface area contributed by atoms with Crippen LogP contribution in [0.1, 0.15) is 13.8 Å². The summed E-state index contributed by atoms with van der Waals surface area (Å²) in [6.07, 6.45) is 10.6. The van der Waals surface area contributed by atoms with E-state index < -0.39 is 0 Å². The first-order chi connectivity index (χ1) is 13.5. The lowest BCUT2D eigenvalue weighted by molar-refractivity contribution is -0.139. The number of hydrogen-bond donors (Lipinski definition) is 0. The Morgan fingerprint density at radius 1 is 0.893 bits per heavy atom. The molecule has 150 valence electrons. The lowest BCUT2D eigenvalue weighted by atomic mass is 10.2. The fraction of sp³-hybridized carbons (Fsp3) is 0.333.